The van der Waals surface area contributed by atoms with Gasteiger partial charge in [0.1, 0.15) is 12.4 Å². The first-order valence-electron chi connectivity index (χ1n) is 12.3. The fourth-order valence-electron chi connectivity index (χ4n) is 4.75. The van der Waals surface area contributed by atoms with E-state index in [0.717, 1.165) is 57.1 Å². The zero-order chi connectivity index (χ0) is 24.9. The van der Waals surface area contributed by atoms with E-state index in [4.69, 9.17) is 21.1 Å². The highest BCUT2D eigenvalue weighted by molar-refractivity contribution is 6.30. The summed E-state index contributed by atoms with van der Waals surface area (Å²) in [6.07, 6.45) is 7.21. The van der Waals surface area contributed by atoms with Crippen LogP contribution < -0.4 is 15.6 Å². The molecule has 1 saturated heterocycles. The van der Waals surface area contributed by atoms with Crippen molar-refractivity contribution >= 4 is 23.4 Å². The molecule has 2 aromatic heterocycles. The normalized spacial score (nSPS) is 17.5. The molecular weight excluding hydrogens is 476 g/mol. The second-order valence-corrected chi connectivity index (χ2v) is 9.86. The van der Waals surface area contributed by atoms with Gasteiger partial charge < -0.3 is 19.7 Å². The molecule has 5 rings (SSSR count). The van der Waals surface area contributed by atoms with Crippen LogP contribution in [-0.2, 0) is 24.3 Å². The summed E-state index contributed by atoms with van der Waals surface area (Å²) in [5.74, 6) is 0.522. The van der Waals surface area contributed by atoms with Crippen LogP contribution >= 0.6 is 11.6 Å². The summed E-state index contributed by atoms with van der Waals surface area (Å²) in [5, 5.41) is 4.09. The Bertz CT molecular complexity index is 1280. The van der Waals surface area contributed by atoms with Crippen LogP contribution in [0.25, 0.3) is 11.8 Å². The zero-order valence-electron chi connectivity index (χ0n) is 20.5. The lowest BCUT2D eigenvalue weighted by atomic mass is 9.93. The predicted octanol–water partition coefficient (Wildman–Crippen LogP) is 3.84. The van der Waals surface area contributed by atoms with Crippen molar-refractivity contribution in [1.82, 2.24) is 19.8 Å². The van der Waals surface area contributed by atoms with Gasteiger partial charge in [-0.1, -0.05) is 29.8 Å². The molecule has 3 aromatic rings. The molecular formula is C28H31ClN4O3. The van der Waals surface area contributed by atoms with Gasteiger partial charge >= 0.3 is 0 Å². The Morgan fingerprint density at radius 1 is 1.22 bits per heavy atom. The third-order valence-electron chi connectivity index (χ3n) is 6.54. The molecule has 2 aliphatic rings. The molecule has 1 aliphatic heterocycles. The van der Waals surface area contributed by atoms with Gasteiger partial charge in [-0.3, -0.25) is 14.3 Å². The number of morpholine rings is 1. The number of fused-ring (bicyclic) bond motifs is 1. The lowest BCUT2D eigenvalue weighted by molar-refractivity contribution is 0.0645. The second-order valence-electron chi connectivity index (χ2n) is 9.42. The number of halogens is 1. The van der Waals surface area contributed by atoms with Gasteiger partial charge in [-0.25, -0.2) is 0 Å². The van der Waals surface area contributed by atoms with Gasteiger partial charge in [0.05, 0.1) is 23.9 Å². The van der Waals surface area contributed by atoms with E-state index in [1.165, 1.54) is 22.8 Å². The minimum Gasteiger partial charge on any atom is -0.487 e. The van der Waals surface area contributed by atoms with Crippen molar-refractivity contribution in [2.45, 2.75) is 32.0 Å². The molecule has 0 amide bonds. The van der Waals surface area contributed by atoms with Gasteiger partial charge in [0.25, 0.3) is 5.56 Å². The van der Waals surface area contributed by atoms with Crippen molar-refractivity contribution in [3.05, 3.63) is 92.6 Å². The highest BCUT2D eigenvalue weighted by Gasteiger charge is 2.17. The van der Waals surface area contributed by atoms with Crippen LogP contribution in [-0.4, -0.2) is 53.8 Å². The molecule has 0 saturated carbocycles. The van der Waals surface area contributed by atoms with Crippen LogP contribution in [0.3, 0.4) is 0 Å². The molecule has 1 aliphatic carbocycles. The minimum atomic E-state index is -0.107. The third-order valence-corrected chi connectivity index (χ3v) is 6.76. The number of pyridine rings is 2. The van der Waals surface area contributed by atoms with Crippen LogP contribution in [0, 0.1) is 0 Å². The average molecular weight is 507 g/mol. The Kier molecular flexibility index (Phi) is 7.82. The van der Waals surface area contributed by atoms with Crippen molar-refractivity contribution in [2.75, 3.05) is 33.4 Å². The fraction of sp³-hybridized carbons (Fsp3) is 0.357. The maximum atomic E-state index is 12.8. The summed E-state index contributed by atoms with van der Waals surface area (Å²) < 4.78 is 13.0. The van der Waals surface area contributed by atoms with E-state index < -0.39 is 0 Å². The van der Waals surface area contributed by atoms with E-state index >= 15 is 0 Å². The lowest BCUT2D eigenvalue weighted by Crippen LogP contribution is -2.47. The van der Waals surface area contributed by atoms with Gasteiger partial charge in [-0.05, 0) is 60.9 Å². The molecule has 1 unspecified atom stereocenters. The summed E-state index contributed by atoms with van der Waals surface area (Å²) in [6, 6.07) is 14.0. The summed E-state index contributed by atoms with van der Waals surface area (Å²) >= 11 is 5.87. The first-order valence-corrected chi connectivity index (χ1v) is 12.7. The highest BCUT2D eigenvalue weighted by atomic mass is 35.5. The maximum Gasteiger partial charge on any atom is 0.258 e. The molecule has 8 heteroatoms. The van der Waals surface area contributed by atoms with E-state index in [9.17, 15) is 4.79 Å². The van der Waals surface area contributed by atoms with Gasteiger partial charge in [0.2, 0.25) is 0 Å². The van der Waals surface area contributed by atoms with E-state index in [2.05, 4.69) is 46.5 Å². The Morgan fingerprint density at radius 3 is 2.92 bits per heavy atom. The van der Waals surface area contributed by atoms with E-state index in [1.807, 2.05) is 6.07 Å². The SMILES string of the molecule is CN(Cc1ccc2c(c1)CCC(n1ccc(OCc3ccc(Cl)cn3)cc1=O)=C2)CC1COCCN1. The van der Waals surface area contributed by atoms with Crippen molar-refractivity contribution in [3.8, 4) is 5.75 Å². The topological polar surface area (TPSA) is 68.6 Å². The van der Waals surface area contributed by atoms with Gasteiger partial charge in [-0.2, -0.15) is 0 Å². The first-order chi connectivity index (χ1) is 17.5. The molecule has 0 radical (unpaired) electrons. The molecule has 1 fully saturated rings. The third kappa shape index (κ3) is 6.23. The number of ether oxygens (including phenoxy) is 2. The largest absolute Gasteiger partial charge is 0.487 e. The summed E-state index contributed by atoms with van der Waals surface area (Å²) in [7, 11) is 2.15. The van der Waals surface area contributed by atoms with Crippen LogP contribution in [0.5, 0.6) is 5.75 Å². The van der Waals surface area contributed by atoms with E-state index in [1.54, 1.807) is 29.1 Å². The number of hydrogen-bond donors (Lipinski definition) is 1. The lowest BCUT2D eigenvalue weighted by Gasteiger charge is -2.28. The van der Waals surface area contributed by atoms with E-state index in [-0.39, 0.29) is 12.2 Å². The van der Waals surface area contributed by atoms with Crippen LogP contribution in [0.2, 0.25) is 5.02 Å². The van der Waals surface area contributed by atoms with Crippen molar-refractivity contribution in [3.63, 3.8) is 0 Å². The average Bonchev–Trinajstić information content (AvgIpc) is 2.89. The second kappa shape index (κ2) is 11.4. The molecule has 3 heterocycles. The fourth-order valence-corrected chi connectivity index (χ4v) is 4.86. The number of rotatable bonds is 8. The zero-order valence-corrected chi connectivity index (χ0v) is 21.2. The Hall–Kier alpha value is -2.97. The molecule has 0 bridgehead atoms. The Labute approximate surface area is 216 Å². The first kappa shape index (κ1) is 24.7. The Balaban J connectivity index is 1.22. The summed E-state index contributed by atoms with van der Waals surface area (Å²) in [6.45, 7) is 4.63. The number of aryl methyl sites for hydroxylation is 1. The van der Waals surface area contributed by atoms with Crippen molar-refractivity contribution in [1.29, 1.82) is 0 Å². The number of likely N-dealkylation sites (N-methyl/N-ethyl adjacent to an activating group) is 1. The van der Waals surface area contributed by atoms with Crippen LogP contribution in [0.15, 0.2) is 59.7 Å². The number of nitrogens with one attached hydrogen (secondary N) is 1. The summed E-state index contributed by atoms with van der Waals surface area (Å²) in [5.41, 5.74) is 5.44. The maximum absolute atomic E-state index is 12.8. The minimum absolute atomic E-state index is 0.107. The Morgan fingerprint density at radius 2 is 2.14 bits per heavy atom. The quantitative estimate of drug-likeness (QED) is 0.500. The molecule has 188 valence electrons. The number of nitrogens with zero attached hydrogens (tertiary/aromatic N) is 3. The number of benzene rings is 1. The number of aromatic nitrogens is 2. The molecule has 7 nitrogen and oxygen atoms in total. The monoisotopic (exact) mass is 506 g/mol. The number of allylic oxidation sites excluding steroid dienone is 1. The van der Waals surface area contributed by atoms with Gasteiger partial charge in [0.15, 0.2) is 0 Å². The smallest absolute Gasteiger partial charge is 0.258 e. The van der Waals surface area contributed by atoms with Crippen LogP contribution in [0.4, 0.5) is 0 Å². The highest BCUT2D eigenvalue weighted by Crippen LogP contribution is 2.27. The molecule has 0 spiro atoms. The standard InChI is InChI=1S/C28H31ClN4O3/c1-32(17-25-18-35-11-9-30-25)16-20-2-3-22-13-26(7-4-21(22)12-20)33-10-8-27(14-28(33)34)36-19-24-6-5-23(29)15-31-24/h2-3,5-6,8,10,12-15,25,30H,4,7,9,11,16-19H2,1H3. The summed E-state index contributed by atoms with van der Waals surface area (Å²) in [4.78, 5) is 19.4. The number of hydrogen-bond acceptors (Lipinski definition) is 6. The molecule has 36 heavy (non-hydrogen) atoms. The molecule has 1 aromatic carbocycles. The molecule has 1 atom stereocenters. The predicted molar refractivity (Wildman–Crippen MR) is 142 cm³/mol. The van der Waals surface area contributed by atoms with Crippen molar-refractivity contribution < 1.29 is 9.47 Å². The van der Waals surface area contributed by atoms with E-state index in [0.29, 0.717) is 16.8 Å². The van der Waals surface area contributed by atoms with Crippen molar-refractivity contribution in [2.24, 2.45) is 0 Å². The van der Waals surface area contributed by atoms with Gasteiger partial charge in [-0.15, -0.1) is 0 Å². The van der Waals surface area contributed by atoms with Gasteiger partial charge in [0, 0.05) is 49.8 Å². The molecule has 1 N–H and O–H groups in total. The van der Waals surface area contributed by atoms with Crippen LogP contribution in [0.1, 0.15) is 28.8 Å².